The fourth-order valence-electron chi connectivity index (χ4n) is 2.10. The Labute approximate surface area is 136 Å². The van der Waals surface area contributed by atoms with Gasteiger partial charge in [0.1, 0.15) is 11.4 Å². The van der Waals surface area contributed by atoms with Crippen LogP contribution in [0.5, 0.6) is 0 Å². The van der Waals surface area contributed by atoms with Crippen molar-refractivity contribution in [1.29, 1.82) is 0 Å². The predicted octanol–water partition coefficient (Wildman–Crippen LogP) is 4.25. The Bertz CT molecular complexity index is 667. The number of anilines is 2. The van der Waals surface area contributed by atoms with Crippen LogP contribution in [0.15, 0.2) is 28.8 Å². The normalized spacial score (nSPS) is 11.2. The number of hydrogen-bond donors (Lipinski definition) is 2. The van der Waals surface area contributed by atoms with E-state index in [0.29, 0.717) is 12.2 Å². The number of carbonyl (C=O) groups excluding carboxylic acids is 1. The molecule has 0 unspecified atom stereocenters. The third-order valence-corrected chi connectivity index (χ3v) is 3.20. The molecule has 0 bridgehead atoms. The summed E-state index contributed by atoms with van der Waals surface area (Å²) in [5.74, 6) is 0.785. The Hall–Kier alpha value is -2.50. The fourth-order valence-corrected chi connectivity index (χ4v) is 2.10. The van der Waals surface area contributed by atoms with Gasteiger partial charge >= 0.3 is 6.09 Å². The average molecular weight is 317 g/mol. The number of nitrogens with one attached hydrogen (secondary N) is 2. The second-order valence-corrected chi connectivity index (χ2v) is 6.33. The third-order valence-electron chi connectivity index (χ3n) is 3.20. The highest BCUT2D eigenvalue weighted by molar-refractivity contribution is 5.89. The summed E-state index contributed by atoms with van der Waals surface area (Å²) in [6.45, 7) is 9.82. The summed E-state index contributed by atoms with van der Waals surface area (Å²) in [5, 5.41) is 9.99. The van der Waals surface area contributed by atoms with Crippen molar-refractivity contribution in [3.05, 3.63) is 41.3 Å². The van der Waals surface area contributed by atoms with Crippen LogP contribution in [0.2, 0.25) is 0 Å². The minimum atomic E-state index is -0.539. The first kappa shape index (κ1) is 16.9. The lowest BCUT2D eigenvalue weighted by molar-refractivity contribution is 0.0636. The molecule has 2 aromatic rings. The van der Waals surface area contributed by atoms with E-state index in [4.69, 9.17) is 9.26 Å². The molecular weight excluding hydrogens is 294 g/mol. The molecule has 1 heterocycles. The van der Waals surface area contributed by atoms with Crippen molar-refractivity contribution in [3.8, 4) is 0 Å². The van der Waals surface area contributed by atoms with E-state index >= 15 is 0 Å². The van der Waals surface area contributed by atoms with E-state index in [0.717, 1.165) is 22.7 Å². The maximum absolute atomic E-state index is 11.9. The van der Waals surface area contributed by atoms with Gasteiger partial charge in [0.15, 0.2) is 0 Å². The molecule has 0 atom stereocenters. The third kappa shape index (κ3) is 4.74. The second-order valence-electron chi connectivity index (χ2n) is 6.33. The molecule has 0 aliphatic heterocycles. The lowest BCUT2D eigenvalue weighted by Crippen LogP contribution is -2.27. The number of amides is 1. The maximum Gasteiger partial charge on any atom is 0.412 e. The van der Waals surface area contributed by atoms with Gasteiger partial charge in [0.25, 0.3) is 0 Å². The SMILES string of the molecule is Cc1noc(C)c1CNc1ccccc1NC(=O)OC(C)(C)C. The lowest BCUT2D eigenvalue weighted by Gasteiger charge is -2.20. The van der Waals surface area contributed by atoms with Crippen molar-refractivity contribution in [3.63, 3.8) is 0 Å². The number of nitrogens with zero attached hydrogens (tertiary/aromatic N) is 1. The highest BCUT2D eigenvalue weighted by Gasteiger charge is 2.17. The number of ether oxygens (including phenoxy) is 1. The Morgan fingerprint density at radius 1 is 1.22 bits per heavy atom. The van der Waals surface area contributed by atoms with Crippen LogP contribution in [0, 0.1) is 13.8 Å². The molecule has 1 aromatic heterocycles. The summed E-state index contributed by atoms with van der Waals surface area (Å²) >= 11 is 0. The summed E-state index contributed by atoms with van der Waals surface area (Å²) in [7, 11) is 0. The fraction of sp³-hybridized carbons (Fsp3) is 0.412. The van der Waals surface area contributed by atoms with Gasteiger partial charge in [-0.15, -0.1) is 0 Å². The van der Waals surface area contributed by atoms with E-state index in [2.05, 4.69) is 15.8 Å². The molecular formula is C17H23N3O3. The predicted molar refractivity (Wildman–Crippen MR) is 89.6 cm³/mol. The summed E-state index contributed by atoms with van der Waals surface area (Å²) in [6.07, 6.45) is -0.482. The van der Waals surface area contributed by atoms with Crippen molar-refractivity contribution < 1.29 is 14.1 Å². The first-order valence-corrected chi connectivity index (χ1v) is 7.51. The van der Waals surface area contributed by atoms with E-state index in [9.17, 15) is 4.79 Å². The molecule has 0 aliphatic carbocycles. The van der Waals surface area contributed by atoms with Gasteiger partial charge in [0.05, 0.1) is 17.1 Å². The van der Waals surface area contributed by atoms with Crippen LogP contribution in [-0.2, 0) is 11.3 Å². The van der Waals surface area contributed by atoms with E-state index in [1.54, 1.807) is 0 Å². The molecule has 0 spiro atoms. The zero-order chi connectivity index (χ0) is 17.0. The van der Waals surface area contributed by atoms with E-state index < -0.39 is 11.7 Å². The van der Waals surface area contributed by atoms with Crippen molar-refractivity contribution >= 4 is 17.5 Å². The monoisotopic (exact) mass is 317 g/mol. The molecule has 2 N–H and O–H groups in total. The minimum Gasteiger partial charge on any atom is -0.444 e. The van der Waals surface area contributed by atoms with Gasteiger partial charge in [0, 0.05) is 12.1 Å². The summed E-state index contributed by atoms with van der Waals surface area (Å²) < 4.78 is 10.4. The number of para-hydroxylation sites is 2. The highest BCUT2D eigenvalue weighted by Crippen LogP contribution is 2.23. The molecule has 0 radical (unpaired) electrons. The van der Waals surface area contributed by atoms with E-state index in [1.165, 1.54) is 0 Å². The van der Waals surface area contributed by atoms with Crippen molar-refractivity contribution in [2.75, 3.05) is 10.6 Å². The average Bonchev–Trinajstić information content (AvgIpc) is 2.75. The highest BCUT2D eigenvalue weighted by atomic mass is 16.6. The Morgan fingerprint density at radius 2 is 1.87 bits per heavy atom. The molecule has 6 heteroatoms. The van der Waals surface area contributed by atoms with Gasteiger partial charge in [-0.3, -0.25) is 5.32 Å². The summed E-state index contributed by atoms with van der Waals surface area (Å²) in [5.41, 5.74) is 2.79. The standard InChI is InChI=1S/C17H23N3O3/c1-11-13(12(2)23-20-11)10-18-14-8-6-7-9-15(14)19-16(21)22-17(3,4)5/h6-9,18H,10H2,1-5H3,(H,19,21). The van der Waals surface area contributed by atoms with Crippen LogP contribution >= 0.6 is 0 Å². The Balaban J connectivity index is 2.07. The first-order chi connectivity index (χ1) is 10.8. The topological polar surface area (TPSA) is 76.4 Å². The van der Waals surface area contributed by atoms with Crippen molar-refractivity contribution in [1.82, 2.24) is 5.16 Å². The number of rotatable bonds is 4. The quantitative estimate of drug-likeness (QED) is 0.881. The van der Waals surface area contributed by atoms with Gasteiger partial charge < -0.3 is 14.6 Å². The van der Waals surface area contributed by atoms with Crippen LogP contribution in [0.4, 0.5) is 16.2 Å². The zero-order valence-electron chi connectivity index (χ0n) is 14.2. The number of carbonyl (C=O) groups is 1. The van der Waals surface area contributed by atoms with Gasteiger partial charge in [-0.05, 0) is 46.8 Å². The number of aryl methyl sites for hydroxylation is 2. The second kappa shape index (κ2) is 6.73. The lowest BCUT2D eigenvalue weighted by atomic mass is 10.2. The van der Waals surface area contributed by atoms with Crippen LogP contribution in [0.3, 0.4) is 0 Å². The Morgan fingerprint density at radius 3 is 2.43 bits per heavy atom. The number of hydrogen-bond acceptors (Lipinski definition) is 5. The van der Waals surface area contributed by atoms with Crippen molar-refractivity contribution in [2.24, 2.45) is 0 Å². The van der Waals surface area contributed by atoms with Gasteiger partial charge in [-0.25, -0.2) is 4.79 Å². The molecule has 6 nitrogen and oxygen atoms in total. The molecule has 0 aliphatic rings. The summed E-state index contributed by atoms with van der Waals surface area (Å²) in [6, 6.07) is 7.47. The largest absolute Gasteiger partial charge is 0.444 e. The molecule has 0 saturated carbocycles. The van der Waals surface area contributed by atoms with Gasteiger partial charge in [-0.1, -0.05) is 17.3 Å². The van der Waals surface area contributed by atoms with Crippen LogP contribution < -0.4 is 10.6 Å². The smallest absolute Gasteiger partial charge is 0.412 e. The Kier molecular flexibility index (Phi) is 4.93. The number of benzene rings is 1. The number of aromatic nitrogens is 1. The van der Waals surface area contributed by atoms with E-state index in [-0.39, 0.29) is 0 Å². The molecule has 1 aromatic carbocycles. The first-order valence-electron chi connectivity index (χ1n) is 7.51. The molecule has 0 fully saturated rings. The maximum atomic E-state index is 11.9. The minimum absolute atomic E-state index is 0.482. The van der Waals surface area contributed by atoms with Crippen LogP contribution in [0.25, 0.3) is 0 Å². The molecule has 2 rings (SSSR count). The molecule has 0 saturated heterocycles. The van der Waals surface area contributed by atoms with Crippen LogP contribution in [-0.4, -0.2) is 16.9 Å². The van der Waals surface area contributed by atoms with Gasteiger partial charge in [-0.2, -0.15) is 0 Å². The zero-order valence-corrected chi connectivity index (χ0v) is 14.2. The van der Waals surface area contributed by atoms with Gasteiger partial charge in [0.2, 0.25) is 0 Å². The van der Waals surface area contributed by atoms with E-state index in [1.807, 2.05) is 58.9 Å². The summed E-state index contributed by atoms with van der Waals surface area (Å²) in [4.78, 5) is 11.9. The molecule has 1 amide bonds. The molecule has 23 heavy (non-hydrogen) atoms. The molecule has 124 valence electrons. The van der Waals surface area contributed by atoms with Crippen LogP contribution in [0.1, 0.15) is 37.8 Å². The van der Waals surface area contributed by atoms with Crippen molar-refractivity contribution in [2.45, 2.75) is 46.8 Å².